The lowest BCUT2D eigenvalue weighted by atomic mass is 10.0. The molecule has 0 N–H and O–H groups in total. The highest BCUT2D eigenvalue weighted by molar-refractivity contribution is 5.85. The van der Waals surface area contributed by atoms with Crippen molar-refractivity contribution in [1.29, 1.82) is 0 Å². The first-order valence-electron chi connectivity index (χ1n) is 5.57. The van der Waals surface area contributed by atoms with Gasteiger partial charge in [-0.1, -0.05) is 6.42 Å². The number of piperidine rings is 1. The summed E-state index contributed by atoms with van der Waals surface area (Å²) >= 11 is 0. The van der Waals surface area contributed by atoms with E-state index in [2.05, 4.69) is 11.8 Å². The van der Waals surface area contributed by atoms with Gasteiger partial charge in [0.15, 0.2) is 0 Å². The van der Waals surface area contributed by atoms with Crippen LogP contribution in [0.2, 0.25) is 0 Å². The molecule has 1 aliphatic heterocycles. The molecule has 2 atom stereocenters. The van der Waals surface area contributed by atoms with Crippen LogP contribution in [0.1, 0.15) is 45.4 Å². The fourth-order valence-electron chi connectivity index (χ4n) is 2.73. The lowest BCUT2D eigenvalue weighted by molar-refractivity contribution is -0.123. The molecule has 2 heteroatoms. The second kappa shape index (κ2) is 3.79. The van der Waals surface area contributed by atoms with E-state index in [1.165, 1.54) is 19.3 Å². The summed E-state index contributed by atoms with van der Waals surface area (Å²) in [6.07, 6.45) is 6.97. The zero-order valence-electron chi connectivity index (χ0n) is 8.46. The third-order valence-electron chi connectivity index (χ3n) is 3.53. The first kappa shape index (κ1) is 9.20. The van der Waals surface area contributed by atoms with Crippen LogP contribution in [0.25, 0.3) is 0 Å². The Hall–Kier alpha value is -0.370. The predicted octanol–water partition coefficient (Wildman–Crippen LogP) is 1.98. The van der Waals surface area contributed by atoms with E-state index in [-0.39, 0.29) is 6.04 Å². The summed E-state index contributed by atoms with van der Waals surface area (Å²) in [6, 6.07) is 0.927. The molecule has 2 fully saturated rings. The first-order chi connectivity index (χ1) is 6.29. The second-order valence-corrected chi connectivity index (χ2v) is 4.46. The molecule has 1 heterocycles. The van der Waals surface area contributed by atoms with Crippen molar-refractivity contribution in [3.8, 4) is 0 Å². The molecular formula is C11H19NO. The minimum absolute atomic E-state index is 0.287. The Morgan fingerprint density at radius 3 is 2.69 bits per heavy atom. The zero-order chi connectivity index (χ0) is 9.26. The first-order valence-corrected chi connectivity index (χ1v) is 5.57. The van der Waals surface area contributed by atoms with Crippen LogP contribution < -0.4 is 0 Å². The summed E-state index contributed by atoms with van der Waals surface area (Å²) in [5.41, 5.74) is 0. The number of ketones is 1. The molecule has 2 nitrogen and oxygen atoms in total. The second-order valence-electron chi connectivity index (χ2n) is 4.46. The normalized spacial score (nSPS) is 36.8. The van der Waals surface area contributed by atoms with E-state index < -0.39 is 0 Å². The average Bonchev–Trinajstić information content (AvgIpc) is 2.52. The maximum atomic E-state index is 11.6. The number of Topliss-reactive ketones (excluding diaryl/α,β-unsaturated/α-hetero) is 1. The van der Waals surface area contributed by atoms with Crippen molar-refractivity contribution >= 4 is 5.78 Å². The number of nitrogens with zero attached hydrogens (tertiary/aromatic N) is 1. The fraction of sp³-hybridized carbons (Fsp3) is 0.909. The Morgan fingerprint density at radius 2 is 2.08 bits per heavy atom. The van der Waals surface area contributed by atoms with Crippen molar-refractivity contribution < 1.29 is 4.79 Å². The highest BCUT2D eigenvalue weighted by atomic mass is 16.1. The largest absolute Gasteiger partial charge is 0.298 e. The molecule has 0 aromatic carbocycles. The predicted molar refractivity (Wildman–Crippen MR) is 52.7 cm³/mol. The van der Waals surface area contributed by atoms with Crippen LogP contribution in [-0.2, 0) is 4.79 Å². The maximum Gasteiger partial charge on any atom is 0.149 e. The van der Waals surface area contributed by atoms with Gasteiger partial charge in [0.25, 0.3) is 0 Å². The molecule has 1 saturated heterocycles. The van der Waals surface area contributed by atoms with Gasteiger partial charge in [-0.2, -0.15) is 0 Å². The van der Waals surface area contributed by atoms with Gasteiger partial charge in [0.05, 0.1) is 6.04 Å². The third kappa shape index (κ3) is 1.78. The van der Waals surface area contributed by atoms with Crippen molar-refractivity contribution in [1.82, 2.24) is 4.90 Å². The summed E-state index contributed by atoms with van der Waals surface area (Å²) in [4.78, 5) is 14.0. The van der Waals surface area contributed by atoms with Gasteiger partial charge in [-0.05, 0) is 39.2 Å². The molecule has 0 aromatic heterocycles. The number of likely N-dealkylation sites (tertiary alicyclic amines) is 1. The van der Waals surface area contributed by atoms with Gasteiger partial charge in [-0.15, -0.1) is 0 Å². The van der Waals surface area contributed by atoms with Crippen LogP contribution in [0.15, 0.2) is 0 Å². The quantitative estimate of drug-likeness (QED) is 0.616. The Bertz CT molecular complexity index is 202. The Kier molecular flexibility index (Phi) is 2.68. The van der Waals surface area contributed by atoms with Crippen molar-refractivity contribution in [3.63, 3.8) is 0 Å². The molecule has 0 amide bonds. The number of hydrogen-bond acceptors (Lipinski definition) is 2. The zero-order valence-corrected chi connectivity index (χ0v) is 8.46. The van der Waals surface area contributed by atoms with Crippen molar-refractivity contribution in [2.45, 2.75) is 57.5 Å². The van der Waals surface area contributed by atoms with E-state index in [0.717, 1.165) is 25.8 Å². The van der Waals surface area contributed by atoms with E-state index in [0.29, 0.717) is 11.8 Å². The molecule has 2 rings (SSSR count). The van der Waals surface area contributed by atoms with E-state index in [9.17, 15) is 4.79 Å². The van der Waals surface area contributed by atoms with E-state index in [1.54, 1.807) is 0 Å². The summed E-state index contributed by atoms with van der Waals surface area (Å²) < 4.78 is 0. The number of rotatable bonds is 1. The van der Waals surface area contributed by atoms with Gasteiger partial charge in [0, 0.05) is 12.5 Å². The number of carbonyl (C=O) groups is 1. The molecule has 1 aliphatic carbocycles. The van der Waals surface area contributed by atoms with E-state index in [4.69, 9.17) is 0 Å². The SMILES string of the molecule is CC1CCCCN1C1CCCC1=O. The Morgan fingerprint density at radius 1 is 1.23 bits per heavy atom. The molecule has 2 aliphatic rings. The van der Waals surface area contributed by atoms with E-state index in [1.807, 2.05) is 0 Å². The Balaban J connectivity index is 2.01. The smallest absolute Gasteiger partial charge is 0.149 e. The molecule has 0 spiro atoms. The van der Waals surface area contributed by atoms with Gasteiger partial charge in [0.1, 0.15) is 5.78 Å². The van der Waals surface area contributed by atoms with Crippen LogP contribution in [0.4, 0.5) is 0 Å². The van der Waals surface area contributed by atoms with Crippen LogP contribution in [0.5, 0.6) is 0 Å². The fourth-order valence-corrected chi connectivity index (χ4v) is 2.73. The van der Waals surface area contributed by atoms with Crippen molar-refractivity contribution in [2.75, 3.05) is 6.54 Å². The third-order valence-corrected chi connectivity index (χ3v) is 3.53. The van der Waals surface area contributed by atoms with Crippen LogP contribution in [-0.4, -0.2) is 29.3 Å². The molecule has 13 heavy (non-hydrogen) atoms. The van der Waals surface area contributed by atoms with E-state index >= 15 is 0 Å². The van der Waals surface area contributed by atoms with Gasteiger partial charge in [-0.25, -0.2) is 0 Å². The molecule has 2 unspecified atom stereocenters. The van der Waals surface area contributed by atoms with Crippen LogP contribution in [0, 0.1) is 0 Å². The monoisotopic (exact) mass is 181 g/mol. The van der Waals surface area contributed by atoms with Gasteiger partial charge in [-0.3, -0.25) is 9.69 Å². The summed E-state index contributed by atoms with van der Waals surface area (Å²) in [5.74, 6) is 0.494. The Labute approximate surface area is 80.3 Å². The minimum Gasteiger partial charge on any atom is -0.298 e. The summed E-state index contributed by atoms with van der Waals surface area (Å²) in [7, 11) is 0. The molecule has 0 radical (unpaired) electrons. The minimum atomic E-state index is 0.287. The molecular weight excluding hydrogens is 162 g/mol. The lowest BCUT2D eigenvalue weighted by Crippen LogP contribution is -2.46. The highest BCUT2D eigenvalue weighted by Gasteiger charge is 2.33. The van der Waals surface area contributed by atoms with Gasteiger partial charge < -0.3 is 0 Å². The number of carbonyl (C=O) groups excluding carboxylic acids is 1. The average molecular weight is 181 g/mol. The molecule has 0 bridgehead atoms. The summed E-state index contributed by atoms with van der Waals surface area (Å²) in [5, 5.41) is 0. The molecule has 0 aromatic rings. The van der Waals surface area contributed by atoms with Crippen LogP contribution >= 0.6 is 0 Å². The summed E-state index contributed by atoms with van der Waals surface area (Å²) in [6.45, 7) is 3.42. The van der Waals surface area contributed by atoms with Gasteiger partial charge in [0.2, 0.25) is 0 Å². The van der Waals surface area contributed by atoms with Gasteiger partial charge >= 0.3 is 0 Å². The van der Waals surface area contributed by atoms with Crippen molar-refractivity contribution in [2.24, 2.45) is 0 Å². The maximum absolute atomic E-state index is 11.6. The van der Waals surface area contributed by atoms with Crippen LogP contribution in [0.3, 0.4) is 0 Å². The van der Waals surface area contributed by atoms with Crippen molar-refractivity contribution in [3.05, 3.63) is 0 Å². The topological polar surface area (TPSA) is 20.3 Å². The lowest BCUT2D eigenvalue weighted by Gasteiger charge is -2.37. The molecule has 74 valence electrons. The highest BCUT2D eigenvalue weighted by Crippen LogP contribution is 2.26. The molecule has 1 saturated carbocycles. The number of hydrogen-bond donors (Lipinski definition) is 0. The standard InChI is InChI=1S/C11H19NO/c1-9-5-2-3-8-12(9)10-6-4-7-11(10)13/h9-10H,2-8H2,1H3.